The van der Waals surface area contributed by atoms with Gasteiger partial charge in [0.15, 0.2) is 5.75 Å². The molecule has 6 nitrogen and oxygen atoms in total. The molecule has 2 aromatic carbocycles. The zero-order chi connectivity index (χ0) is 23.3. The summed E-state index contributed by atoms with van der Waals surface area (Å²) in [5.74, 6) is 0.0535. The molecule has 0 unspecified atom stereocenters. The summed E-state index contributed by atoms with van der Waals surface area (Å²) < 4.78 is 49.1. The number of ether oxygens (including phenoxy) is 2. The van der Waals surface area contributed by atoms with E-state index in [0.717, 1.165) is 12.1 Å². The quantitative estimate of drug-likeness (QED) is 0.635. The van der Waals surface area contributed by atoms with Crippen molar-refractivity contribution >= 4 is 17.7 Å². The van der Waals surface area contributed by atoms with Gasteiger partial charge in [0, 0.05) is 19.0 Å². The predicted molar refractivity (Wildman–Crippen MR) is 113 cm³/mol. The summed E-state index contributed by atoms with van der Waals surface area (Å²) >= 11 is 0. The molecule has 0 aliphatic carbocycles. The van der Waals surface area contributed by atoms with Gasteiger partial charge in [0.25, 0.3) is 0 Å². The molecule has 0 aromatic heterocycles. The summed E-state index contributed by atoms with van der Waals surface area (Å²) in [6, 6.07) is 11.0. The van der Waals surface area contributed by atoms with E-state index in [4.69, 9.17) is 9.47 Å². The summed E-state index contributed by atoms with van der Waals surface area (Å²) in [5.41, 5.74) is -0.353. The zero-order valence-electron chi connectivity index (χ0n) is 17.8. The third kappa shape index (κ3) is 6.15. The van der Waals surface area contributed by atoms with E-state index in [9.17, 15) is 22.8 Å². The minimum atomic E-state index is -4.43. The SMILES string of the molecule is CC(C)OC(=O)N1CCC(C(=O)Nc2ccccc2Oc2ccc(C(F)(F)F)cc2)CC1. The molecule has 1 aliphatic rings. The van der Waals surface area contributed by atoms with Gasteiger partial charge in [0.05, 0.1) is 17.4 Å². The second-order valence-corrected chi connectivity index (χ2v) is 7.80. The maximum Gasteiger partial charge on any atom is 0.416 e. The lowest BCUT2D eigenvalue weighted by atomic mass is 9.96. The molecular formula is C23H25F3N2O4. The maximum atomic E-state index is 12.8. The van der Waals surface area contributed by atoms with E-state index in [2.05, 4.69) is 5.32 Å². The number of nitrogens with one attached hydrogen (secondary N) is 1. The first-order valence-electron chi connectivity index (χ1n) is 10.3. The van der Waals surface area contributed by atoms with E-state index in [1.165, 1.54) is 12.1 Å². The van der Waals surface area contributed by atoms with Crippen LogP contribution in [0.2, 0.25) is 0 Å². The second kappa shape index (κ2) is 9.93. The van der Waals surface area contributed by atoms with Crippen LogP contribution in [-0.2, 0) is 15.7 Å². The smallest absolute Gasteiger partial charge is 0.416 e. The van der Waals surface area contributed by atoms with Crippen LogP contribution in [0.4, 0.5) is 23.7 Å². The second-order valence-electron chi connectivity index (χ2n) is 7.80. The molecule has 0 saturated carbocycles. The number of anilines is 1. The van der Waals surface area contributed by atoms with Crippen molar-refractivity contribution in [3.63, 3.8) is 0 Å². The van der Waals surface area contributed by atoms with Crippen LogP contribution in [0, 0.1) is 5.92 Å². The molecule has 2 amide bonds. The number of para-hydroxylation sites is 2. The molecule has 0 radical (unpaired) electrons. The molecule has 1 saturated heterocycles. The van der Waals surface area contributed by atoms with Crippen LogP contribution < -0.4 is 10.1 Å². The van der Waals surface area contributed by atoms with Gasteiger partial charge in [-0.1, -0.05) is 12.1 Å². The average molecular weight is 450 g/mol. The highest BCUT2D eigenvalue weighted by Gasteiger charge is 2.30. The molecule has 0 bridgehead atoms. The third-order valence-electron chi connectivity index (χ3n) is 5.01. The first-order valence-corrected chi connectivity index (χ1v) is 10.3. The van der Waals surface area contributed by atoms with Crippen LogP contribution in [0.15, 0.2) is 48.5 Å². The number of halogens is 3. The molecule has 3 rings (SSSR count). The lowest BCUT2D eigenvalue weighted by Gasteiger charge is -2.31. The minimum Gasteiger partial charge on any atom is -0.455 e. The Morgan fingerprint density at radius 3 is 2.25 bits per heavy atom. The van der Waals surface area contributed by atoms with E-state index >= 15 is 0 Å². The zero-order valence-corrected chi connectivity index (χ0v) is 17.8. The van der Waals surface area contributed by atoms with Crippen molar-refractivity contribution in [3.05, 3.63) is 54.1 Å². The Kier molecular flexibility index (Phi) is 7.27. The highest BCUT2D eigenvalue weighted by molar-refractivity contribution is 5.94. The van der Waals surface area contributed by atoms with Crippen LogP contribution in [0.25, 0.3) is 0 Å². The van der Waals surface area contributed by atoms with Crippen LogP contribution >= 0.6 is 0 Å². The molecule has 1 N–H and O–H groups in total. The van der Waals surface area contributed by atoms with Gasteiger partial charge in [-0.15, -0.1) is 0 Å². The van der Waals surface area contributed by atoms with E-state index in [0.29, 0.717) is 37.4 Å². The van der Waals surface area contributed by atoms with Gasteiger partial charge in [-0.05, 0) is 63.1 Å². The number of hydrogen-bond donors (Lipinski definition) is 1. The molecule has 1 fully saturated rings. The lowest BCUT2D eigenvalue weighted by Crippen LogP contribution is -2.42. The van der Waals surface area contributed by atoms with E-state index in [1.807, 2.05) is 0 Å². The number of carbonyl (C=O) groups is 2. The van der Waals surface area contributed by atoms with Crippen molar-refractivity contribution in [2.24, 2.45) is 5.92 Å². The van der Waals surface area contributed by atoms with Crippen LogP contribution in [0.3, 0.4) is 0 Å². The Hall–Kier alpha value is -3.23. The Morgan fingerprint density at radius 1 is 1.03 bits per heavy atom. The summed E-state index contributed by atoms with van der Waals surface area (Å²) in [4.78, 5) is 26.3. The van der Waals surface area contributed by atoms with Crippen molar-refractivity contribution in [1.29, 1.82) is 0 Å². The van der Waals surface area contributed by atoms with E-state index < -0.39 is 11.7 Å². The number of nitrogens with zero attached hydrogens (tertiary/aromatic N) is 1. The summed E-state index contributed by atoms with van der Waals surface area (Å²) in [5, 5.41) is 2.83. The third-order valence-corrected chi connectivity index (χ3v) is 5.01. The van der Waals surface area contributed by atoms with Gasteiger partial charge in [-0.3, -0.25) is 4.79 Å². The Labute approximate surface area is 184 Å². The van der Waals surface area contributed by atoms with Crippen LogP contribution in [0.1, 0.15) is 32.3 Å². The average Bonchev–Trinajstić information content (AvgIpc) is 2.74. The molecule has 172 valence electrons. The molecular weight excluding hydrogens is 425 g/mol. The molecule has 0 spiro atoms. The number of rotatable bonds is 5. The van der Waals surface area contributed by atoms with Gasteiger partial charge in [0.1, 0.15) is 5.75 Å². The van der Waals surface area contributed by atoms with Crippen molar-refractivity contribution in [2.45, 2.75) is 39.0 Å². The van der Waals surface area contributed by atoms with Crippen LogP contribution in [-0.4, -0.2) is 36.1 Å². The topological polar surface area (TPSA) is 67.9 Å². The predicted octanol–water partition coefficient (Wildman–Crippen LogP) is 5.69. The largest absolute Gasteiger partial charge is 0.455 e. The van der Waals surface area contributed by atoms with Crippen molar-refractivity contribution < 1.29 is 32.2 Å². The van der Waals surface area contributed by atoms with Crippen molar-refractivity contribution in [3.8, 4) is 11.5 Å². The monoisotopic (exact) mass is 450 g/mol. The molecule has 0 atom stereocenters. The molecule has 2 aromatic rings. The standard InChI is InChI=1S/C23H25F3N2O4/c1-15(2)31-22(30)28-13-11-16(12-14-28)21(29)27-19-5-3-4-6-20(19)32-18-9-7-17(8-10-18)23(24,25)26/h3-10,15-16H,11-14H2,1-2H3,(H,27,29). The number of piperidine rings is 1. The number of hydrogen-bond acceptors (Lipinski definition) is 4. The first-order chi connectivity index (χ1) is 15.1. The highest BCUT2D eigenvalue weighted by Crippen LogP contribution is 2.33. The fourth-order valence-corrected chi connectivity index (χ4v) is 3.33. The molecule has 32 heavy (non-hydrogen) atoms. The molecule has 9 heteroatoms. The van der Waals surface area contributed by atoms with Gasteiger partial charge in [-0.25, -0.2) is 4.79 Å². The summed E-state index contributed by atoms with van der Waals surface area (Å²) in [6.07, 6.45) is -4.01. The van der Waals surface area contributed by atoms with Crippen molar-refractivity contribution in [1.82, 2.24) is 4.90 Å². The minimum absolute atomic E-state index is 0.203. The normalized spacial score (nSPS) is 14.9. The van der Waals surface area contributed by atoms with E-state index in [1.54, 1.807) is 43.0 Å². The number of amides is 2. The Morgan fingerprint density at radius 2 is 1.66 bits per heavy atom. The number of carbonyl (C=O) groups excluding carboxylic acids is 2. The van der Waals surface area contributed by atoms with Gasteiger partial charge in [-0.2, -0.15) is 13.2 Å². The lowest BCUT2D eigenvalue weighted by molar-refractivity contribution is -0.137. The summed E-state index contributed by atoms with van der Waals surface area (Å²) in [7, 11) is 0. The molecule has 1 aliphatic heterocycles. The highest BCUT2D eigenvalue weighted by atomic mass is 19.4. The van der Waals surface area contributed by atoms with Gasteiger partial charge < -0.3 is 19.7 Å². The fourth-order valence-electron chi connectivity index (χ4n) is 3.33. The van der Waals surface area contributed by atoms with Gasteiger partial charge >= 0.3 is 12.3 Å². The van der Waals surface area contributed by atoms with Crippen molar-refractivity contribution in [2.75, 3.05) is 18.4 Å². The maximum absolute atomic E-state index is 12.8. The summed E-state index contributed by atoms with van der Waals surface area (Å²) in [6.45, 7) is 4.41. The van der Waals surface area contributed by atoms with Crippen LogP contribution in [0.5, 0.6) is 11.5 Å². The Balaban J connectivity index is 1.60. The van der Waals surface area contributed by atoms with Gasteiger partial charge in [0.2, 0.25) is 5.91 Å². The fraction of sp³-hybridized carbons (Fsp3) is 0.391. The number of likely N-dealkylation sites (tertiary alicyclic amines) is 1. The first kappa shape index (κ1) is 23.4. The van der Waals surface area contributed by atoms with E-state index in [-0.39, 0.29) is 29.8 Å². The number of alkyl halides is 3. The molecule has 1 heterocycles. The number of benzene rings is 2. The Bertz CT molecular complexity index is 937.